The van der Waals surface area contributed by atoms with E-state index in [4.69, 9.17) is 26.2 Å². The molecule has 0 saturated carbocycles. The second-order valence-electron chi connectivity index (χ2n) is 4.73. The molecule has 5 heteroatoms. The summed E-state index contributed by atoms with van der Waals surface area (Å²) in [6.45, 7) is 4.74. The molecule has 0 fully saturated rings. The molecule has 0 saturated heterocycles. The topological polar surface area (TPSA) is 55.8 Å². The predicted octanol–water partition coefficient (Wildman–Crippen LogP) is 3.87. The second kappa shape index (κ2) is 7.80. The molecule has 0 bridgehead atoms. The van der Waals surface area contributed by atoms with Crippen molar-refractivity contribution in [3.05, 3.63) is 28.8 Å². The first-order chi connectivity index (χ1) is 9.43. The van der Waals surface area contributed by atoms with Gasteiger partial charge in [0.25, 0.3) is 0 Å². The van der Waals surface area contributed by atoms with Crippen LogP contribution in [0.15, 0.2) is 18.2 Å². The molecule has 0 aliphatic rings. The summed E-state index contributed by atoms with van der Waals surface area (Å²) in [5.74, 6) is 0.490. The molecule has 0 spiro atoms. The Balaban J connectivity index is 3.05. The number of ether oxygens (including phenoxy) is 2. The summed E-state index contributed by atoms with van der Waals surface area (Å²) in [7, 11) is 1.52. The third-order valence-electron chi connectivity index (χ3n) is 2.62. The van der Waals surface area contributed by atoms with Gasteiger partial charge in [-0.1, -0.05) is 25.4 Å². The van der Waals surface area contributed by atoms with E-state index in [1.807, 2.05) is 0 Å². The normalized spacial score (nSPS) is 11.1. The van der Waals surface area contributed by atoms with Crippen LogP contribution in [0.5, 0.6) is 11.5 Å². The number of halogens is 1. The van der Waals surface area contributed by atoms with Crippen molar-refractivity contribution in [1.82, 2.24) is 0 Å². The van der Waals surface area contributed by atoms with Crippen LogP contribution in [0.1, 0.15) is 25.8 Å². The van der Waals surface area contributed by atoms with Crippen molar-refractivity contribution >= 4 is 23.6 Å². The molecule has 110 valence electrons. The number of hydrogen-bond acceptors (Lipinski definition) is 3. The van der Waals surface area contributed by atoms with E-state index in [1.165, 1.54) is 13.2 Å². The number of hydrogen-bond donors (Lipinski definition) is 1. The highest BCUT2D eigenvalue weighted by Gasteiger charge is 2.11. The Labute approximate surface area is 124 Å². The fourth-order valence-corrected chi connectivity index (χ4v) is 1.79. The molecule has 0 heterocycles. The van der Waals surface area contributed by atoms with Crippen molar-refractivity contribution in [2.75, 3.05) is 13.7 Å². The summed E-state index contributed by atoms with van der Waals surface area (Å²) in [6.07, 6.45) is 3.38. The highest BCUT2D eigenvalue weighted by atomic mass is 35.5. The molecule has 4 nitrogen and oxygen atoms in total. The van der Waals surface area contributed by atoms with Crippen LogP contribution in [0.3, 0.4) is 0 Å². The molecule has 0 aromatic heterocycles. The van der Waals surface area contributed by atoms with Crippen molar-refractivity contribution in [3.8, 4) is 11.5 Å². The standard InChI is InChI=1S/C15H19ClO4/c1-10(2)6-7-20-15-11(4-5-14(17)18)8-12(16)9-13(15)19-3/h4-5,8-10H,6-7H2,1-3H3,(H,17,18)/b5-4+. The maximum atomic E-state index is 10.6. The summed E-state index contributed by atoms with van der Waals surface area (Å²) < 4.78 is 11.0. The Kier molecular flexibility index (Phi) is 6.39. The maximum absolute atomic E-state index is 10.6. The third-order valence-corrected chi connectivity index (χ3v) is 2.83. The van der Waals surface area contributed by atoms with Crippen LogP contribution in [0.25, 0.3) is 6.08 Å². The Morgan fingerprint density at radius 3 is 2.70 bits per heavy atom. The summed E-state index contributed by atoms with van der Waals surface area (Å²) in [6, 6.07) is 3.29. The van der Waals surface area contributed by atoms with Crippen molar-refractivity contribution in [2.45, 2.75) is 20.3 Å². The number of rotatable bonds is 7. The first-order valence-corrected chi connectivity index (χ1v) is 6.73. The molecule has 0 aliphatic heterocycles. The molecule has 0 unspecified atom stereocenters. The summed E-state index contributed by atoms with van der Waals surface area (Å²) in [5, 5.41) is 9.18. The molecular formula is C15H19ClO4. The lowest BCUT2D eigenvalue weighted by Crippen LogP contribution is -2.04. The average Bonchev–Trinajstić information content (AvgIpc) is 2.37. The van der Waals surface area contributed by atoms with Gasteiger partial charge in [0, 0.05) is 22.7 Å². The fourth-order valence-electron chi connectivity index (χ4n) is 1.58. The third kappa shape index (κ3) is 5.13. The van der Waals surface area contributed by atoms with E-state index >= 15 is 0 Å². The van der Waals surface area contributed by atoms with E-state index < -0.39 is 5.97 Å². The van der Waals surface area contributed by atoms with Crippen LogP contribution in [-0.2, 0) is 4.79 Å². The van der Waals surface area contributed by atoms with Crippen LogP contribution in [-0.4, -0.2) is 24.8 Å². The van der Waals surface area contributed by atoms with Gasteiger partial charge in [0.2, 0.25) is 0 Å². The lowest BCUT2D eigenvalue weighted by Gasteiger charge is -2.15. The van der Waals surface area contributed by atoms with E-state index in [0.717, 1.165) is 12.5 Å². The van der Waals surface area contributed by atoms with Crippen molar-refractivity contribution in [1.29, 1.82) is 0 Å². The second-order valence-corrected chi connectivity index (χ2v) is 5.17. The summed E-state index contributed by atoms with van der Waals surface area (Å²) in [5.41, 5.74) is 0.584. The average molecular weight is 299 g/mol. The minimum absolute atomic E-state index is 0.461. The van der Waals surface area contributed by atoms with E-state index in [0.29, 0.717) is 34.6 Å². The Morgan fingerprint density at radius 1 is 1.45 bits per heavy atom. The quantitative estimate of drug-likeness (QED) is 0.776. The molecule has 1 aromatic carbocycles. The van der Waals surface area contributed by atoms with Gasteiger partial charge in [-0.15, -0.1) is 0 Å². The largest absolute Gasteiger partial charge is 0.493 e. The smallest absolute Gasteiger partial charge is 0.328 e. The monoisotopic (exact) mass is 298 g/mol. The van der Waals surface area contributed by atoms with Gasteiger partial charge in [-0.2, -0.15) is 0 Å². The zero-order valence-electron chi connectivity index (χ0n) is 11.9. The Morgan fingerprint density at radius 2 is 2.15 bits per heavy atom. The van der Waals surface area contributed by atoms with Gasteiger partial charge in [-0.3, -0.25) is 0 Å². The van der Waals surface area contributed by atoms with E-state index in [2.05, 4.69) is 13.8 Å². The van der Waals surface area contributed by atoms with Crippen LogP contribution in [0.2, 0.25) is 5.02 Å². The number of benzene rings is 1. The maximum Gasteiger partial charge on any atom is 0.328 e. The molecule has 0 aliphatic carbocycles. The van der Waals surface area contributed by atoms with Gasteiger partial charge in [-0.25, -0.2) is 4.79 Å². The Hall–Kier alpha value is -1.68. The van der Waals surface area contributed by atoms with Gasteiger partial charge in [0.15, 0.2) is 11.5 Å². The summed E-state index contributed by atoms with van der Waals surface area (Å²) >= 11 is 5.98. The number of carbonyl (C=O) groups is 1. The number of carboxylic acids is 1. The van der Waals surface area contributed by atoms with Crippen molar-refractivity contribution < 1.29 is 19.4 Å². The molecule has 20 heavy (non-hydrogen) atoms. The van der Waals surface area contributed by atoms with E-state index in [1.54, 1.807) is 12.1 Å². The molecular weight excluding hydrogens is 280 g/mol. The first kappa shape index (κ1) is 16.4. The highest BCUT2D eigenvalue weighted by molar-refractivity contribution is 6.31. The SMILES string of the molecule is COc1cc(Cl)cc(/C=C/C(=O)O)c1OCCC(C)C. The van der Waals surface area contributed by atoms with Crippen molar-refractivity contribution in [2.24, 2.45) is 5.92 Å². The van der Waals surface area contributed by atoms with E-state index in [-0.39, 0.29) is 0 Å². The molecule has 0 radical (unpaired) electrons. The fraction of sp³-hybridized carbons (Fsp3) is 0.400. The summed E-state index contributed by atoms with van der Waals surface area (Å²) in [4.78, 5) is 10.6. The van der Waals surface area contributed by atoms with Gasteiger partial charge in [0.1, 0.15) is 0 Å². The van der Waals surface area contributed by atoms with Crippen molar-refractivity contribution in [3.63, 3.8) is 0 Å². The van der Waals surface area contributed by atoms with Gasteiger partial charge in [-0.05, 0) is 24.5 Å². The van der Waals surface area contributed by atoms with Gasteiger partial charge in [0.05, 0.1) is 13.7 Å². The van der Waals surface area contributed by atoms with Crippen LogP contribution >= 0.6 is 11.6 Å². The Bertz CT molecular complexity index is 495. The minimum atomic E-state index is -1.03. The molecule has 1 aromatic rings. The molecule has 1 N–H and O–H groups in total. The molecule has 0 amide bonds. The predicted molar refractivity (Wildman–Crippen MR) is 79.6 cm³/mol. The zero-order valence-corrected chi connectivity index (χ0v) is 12.6. The lowest BCUT2D eigenvalue weighted by atomic mass is 10.1. The number of methoxy groups -OCH3 is 1. The van der Waals surface area contributed by atoms with Crippen LogP contribution in [0.4, 0.5) is 0 Å². The minimum Gasteiger partial charge on any atom is -0.493 e. The van der Waals surface area contributed by atoms with Gasteiger partial charge >= 0.3 is 5.97 Å². The zero-order chi connectivity index (χ0) is 15.1. The van der Waals surface area contributed by atoms with E-state index in [9.17, 15) is 4.79 Å². The number of aliphatic carboxylic acids is 1. The first-order valence-electron chi connectivity index (χ1n) is 6.35. The number of carboxylic acid groups (broad SMARTS) is 1. The van der Waals surface area contributed by atoms with Crippen LogP contribution in [0, 0.1) is 5.92 Å². The molecule has 1 rings (SSSR count). The van der Waals surface area contributed by atoms with Crippen LogP contribution < -0.4 is 9.47 Å². The highest BCUT2D eigenvalue weighted by Crippen LogP contribution is 2.35. The molecule has 0 atom stereocenters. The van der Waals surface area contributed by atoms with Gasteiger partial charge < -0.3 is 14.6 Å². The lowest BCUT2D eigenvalue weighted by molar-refractivity contribution is -0.131.